The molecule has 12 heteroatoms. The van der Waals surface area contributed by atoms with Crippen molar-refractivity contribution in [3.05, 3.63) is 57.6 Å². The molecule has 0 bridgehead atoms. The van der Waals surface area contributed by atoms with Crippen LogP contribution >= 0.6 is 23.2 Å². The predicted octanol–water partition coefficient (Wildman–Crippen LogP) is 4.44. The molecule has 1 aliphatic carbocycles. The van der Waals surface area contributed by atoms with Crippen molar-refractivity contribution in [1.82, 2.24) is 25.1 Å². The average Bonchev–Trinajstić information content (AvgIpc) is 3.23. The Morgan fingerprint density at radius 2 is 1.88 bits per heavy atom. The Morgan fingerprint density at radius 1 is 1.22 bits per heavy atom. The van der Waals surface area contributed by atoms with Gasteiger partial charge in [0.2, 0.25) is 5.91 Å². The van der Waals surface area contributed by atoms with Crippen LogP contribution in [-0.2, 0) is 21.5 Å². The van der Waals surface area contributed by atoms with Gasteiger partial charge in [-0.05, 0) is 54.9 Å². The van der Waals surface area contributed by atoms with Gasteiger partial charge in [-0.3, -0.25) is 15.0 Å². The molecule has 1 aliphatic heterocycles. The number of nitrogens with zero attached hydrogens (tertiary/aromatic N) is 3. The van der Waals surface area contributed by atoms with Crippen LogP contribution in [0.2, 0.25) is 10.2 Å². The lowest BCUT2D eigenvalue weighted by Crippen LogP contribution is -2.60. The molecule has 1 aromatic carbocycles. The molecule has 222 valence electrons. The van der Waals surface area contributed by atoms with Gasteiger partial charge < -0.3 is 30.6 Å². The van der Waals surface area contributed by atoms with Gasteiger partial charge in [0.25, 0.3) is 5.91 Å². The SMILES string of the molecule is C=CC(=O)N1CC(NC(=O)c2c(Cl)nc(CNC(=N)c3cc(C(C)(C)C)c(Cl)cc3N)n2[C@H]2CC[C@@H](OC)CC2)C1. The number of nitrogen functional groups attached to an aromatic ring is 1. The van der Waals surface area contributed by atoms with Gasteiger partial charge in [0.15, 0.2) is 5.15 Å². The molecule has 1 saturated carbocycles. The van der Waals surface area contributed by atoms with E-state index in [1.54, 1.807) is 18.1 Å². The Balaban J connectivity index is 1.57. The number of anilines is 1. The molecule has 0 unspecified atom stereocenters. The number of aromatic nitrogens is 2. The van der Waals surface area contributed by atoms with Crippen molar-refractivity contribution in [3.8, 4) is 0 Å². The van der Waals surface area contributed by atoms with Gasteiger partial charge in [0.1, 0.15) is 17.4 Å². The maximum Gasteiger partial charge on any atom is 0.271 e. The number of carbonyl (C=O) groups excluding carboxylic acids is 2. The van der Waals surface area contributed by atoms with Crippen LogP contribution in [0.3, 0.4) is 0 Å². The van der Waals surface area contributed by atoms with Gasteiger partial charge in [-0.15, -0.1) is 0 Å². The van der Waals surface area contributed by atoms with E-state index in [1.165, 1.54) is 6.08 Å². The lowest BCUT2D eigenvalue weighted by Gasteiger charge is -2.39. The zero-order valence-electron chi connectivity index (χ0n) is 24.0. The quantitative estimate of drug-likeness (QED) is 0.152. The van der Waals surface area contributed by atoms with E-state index in [1.807, 2.05) is 31.4 Å². The summed E-state index contributed by atoms with van der Waals surface area (Å²) in [6, 6.07) is 3.32. The number of hydrogen-bond donors (Lipinski definition) is 4. The van der Waals surface area contributed by atoms with Crippen LogP contribution in [0.15, 0.2) is 24.8 Å². The number of amidine groups is 1. The van der Waals surface area contributed by atoms with Crippen molar-refractivity contribution in [3.63, 3.8) is 0 Å². The minimum Gasteiger partial charge on any atom is -0.398 e. The molecule has 0 radical (unpaired) electrons. The second-order valence-corrected chi connectivity index (χ2v) is 12.5. The van der Waals surface area contributed by atoms with Gasteiger partial charge in [-0.25, -0.2) is 4.98 Å². The number of halogens is 2. The third-order valence-corrected chi connectivity index (χ3v) is 8.42. The Hall–Kier alpha value is -3.08. The van der Waals surface area contributed by atoms with E-state index in [0.717, 1.165) is 31.2 Å². The monoisotopic (exact) mass is 603 g/mol. The first-order valence-corrected chi connectivity index (χ1v) is 14.5. The fourth-order valence-electron chi connectivity index (χ4n) is 5.48. The number of nitrogens with two attached hydrogens (primary N) is 1. The molecule has 2 amide bonds. The number of amides is 2. The molecule has 2 heterocycles. The normalized spacial score (nSPS) is 19.4. The number of likely N-dealkylation sites (tertiary alicyclic amines) is 1. The highest BCUT2D eigenvalue weighted by Gasteiger charge is 2.35. The highest BCUT2D eigenvalue weighted by atomic mass is 35.5. The Labute approximate surface area is 251 Å². The van der Waals surface area contributed by atoms with Crippen LogP contribution in [0.25, 0.3) is 0 Å². The maximum absolute atomic E-state index is 13.5. The van der Waals surface area contributed by atoms with Gasteiger partial charge in [-0.2, -0.15) is 0 Å². The van der Waals surface area contributed by atoms with Gasteiger partial charge >= 0.3 is 0 Å². The van der Waals surface area contributed by atoms with E-state index in [9.17, 15) is 9.59 Å². The summed E-state index contributed by atoms with van der Waals surface area (Å²) < 4.78 is 7.46. The summed E-state index contributed by atoms with van der Waals surface area (Å²) in [6.45, 7) is 10.6. The number of carbonyl (C=O) groups is 2. The largest absolute Gasteiger partial charge is 0.398 e. The molecule has 2 aromatic rings. The zero-order chi connectivity index (χ0) is 30.1. The summed E-state index contributed by atoms with van der Waals surface area (Å²) in [5.41, 5.74) is 8.11. The van der Waals surface area contributed by atoms with Crippen molar-refractivity contribution in [2.24, 2.45) is 0 Å². The Kier molecular flexibility index (Phi) is 9.35. The van der Waals surface area contributed by atoms with Crippen molar-refractivity contribution < 1.29 is 14.3 Å². The highest BCUT2D eigenvalue weighted by Crippen LogP contribution is 2.35. The summed E-state index contributed by atoms with van der Waals surface area (Å²) in [7, 11) is 1.71. The summed E-state index contributed by atoms with van der Waals surface area (Å²) in [5.74, 6) is 0.155. The molecule has 2 fully saturated rings. The molecular formula is C29H39Cl2N7O3. The third kappa shape index (κ3) is 6.71. The minimum absolute atomic E-state index is 0.0125. The third-order valence-electron chi connectivity index (χ3n) is 7.84. The molecule has 0 atom stereocenters. The highest BCUT2D eigenvalue weighted by molar-refractivity contribution is 6.32. The first-order valence-electron chi connectivity index (χ1n) is 13.8. The number of nitrogens with one attached hydrogen (secondary N) is 3. The fourth-order valence-corrected chi connectivity index (χ4v) is 6.21. The van der Waals surface area contributed by atoms with Crippen LogP contribution in [0.4, 0.5) is 5.69 Å². The first kappa shape index (κ1) is 30.9. The number of ether oxygens (including phenoxy) is 1. The van der Waals surface area contributed by atoms with E-state index >= 15 is 0 Å². The second-order valence-electron chi connectivity index (χ2n) is 11.7. The van der Waals surface area contributed by atoms with Crippen molar-refractivity contribution in [2.75, 3.05) is 25.9 Å². The molecule has 0 spiro atoms. The summed E-state index contributed by atoms with van der Waals surface area (Å²) in [4.78, 5) is 31.5. The minimum atomic E-state index is -0.342. The lowest BCUT2D eigenvalue weighted by molar-refractivity contribution is -0.130. The second kappa shape index (κ2) is 12.4. The van der Waals surface area contributed by atoms with Crippen molar-refractivity contribution in [1.29, 1.82) is 5.41 Å². The molecule has 5 N–H and O–H groups in total. The number of hydrogen-bond acceptors (Lipinski definition) is 6. The van der Waals surface area contributed by atoms with Crippen LogP contribution in [-0.4, -0.2) is 64.4 Å². The molecular weight excluding hydrogens is 565 g/mol. The fraction of sp³-hybridized carbons (Fsp3) is 0.517. The maximum atomic E-state index is 13.5. The number of benzene rings is 1. The van der Waals surface area contributed by atoms with Gasteiger partial charge in [0.05, 0.1) is 18.7 Å². The molecule has 10 nitrogen and oxygen atoms in total. The van der Waals surface area contributed by atoms with E-state index in [-0.39, 0.29) is 58.6 Å². The van der Waals surface area contributed by atoms with E-state index in [2.05, 4.69) is 22.2 Å². The van der Waals surface area contributed by atoms with E-state index < -0.39 is 0 Å². The van der Waals surface area contributed by atoms with Crippen LogP contribution in [0.1, 0.15) is 79.9 Å². The van der Waals surface area contributed by atoms with E-state index in [0.29, 0.717) is 35.2 Å². The van der Waals surface area contributed by atoms with Crippen LogP contribution in [0, 0.1) is 5.41 Å². The van der Waals surface area contributed by atoms with Crippen LogP contribution in [0.5, 0.6) is 0 Å². The van der Waals surface area contributed by atoms with E-state index in [4.69, 9.17) is 39.1 Å². The smallest absolute Gasteiger partial charge is 0.271 e. The van der Waals surface area contributed by atoms with Gasteiger partial charge in [0, 0.05) is 42.5 Å². The molecule has 4 rings (SSSR count). The first-order chi connectivity index (χ1) is 19.3. The summed E-state index contributed by atoms with van der Waals surface area (Å²) >= 11 is 13.1. The van der Waals surface area contributed by atoms with Crippen LogP contribution < -0.4 is 16.4 Å². The molecule has 2 aliphatic rings. The van der Waals surface area contributed by atoms with Crippen molar-refractivity contribution >= 4 is 46.5 Å². The van der Waals surface area contributed by atoms with Crippen molar-refractivity contribution in [2.45, 2.75) is 76.6 Å². The molecule has 1 saturated heterocycles. The topological polar surface area (TPSA) is 138 Å². The Bertz CT molecular complexity index is 1340. The standard InChI is InChI=1S/C29H39Cl2N7O3/c1-6-24(39)37-14-16(15-37)35-28(40)25-26(31)36-23(38(25)17-7-9-18(41-5)10-8-17)13-34-27(33)19-11-20(29(2,3)4)21(30)12-22(19)32/h6,11-12,16-18H,1,7-10,13-15,32H2,2-5H3,(H2,33,34)(H,35,40)/t17-,18+. The molecule has 1 aromatic heterocycles. The number of methoxy groups -OCH3 is 1. The summed E-state index contributed by atoms with van der Waals surface area (Å²) in [5, 5.41) is 15.5. The molecule has 41 heavy (non-hydrogen) atoms. The zero-order valence-corrected chi connectivity index (χ0v) is 25.5. The summed E-state index contributed by atoms with van der Waals surface area (Å²) in [6.07, 6.45) is 4.71. The Morgan fingerprint density at radius 3 is 2.46 bits per heavy atom. The number of imidazole rings is 1. The number of rotatable bonds is 8. The predicted molar refractivity (Wildman–Crippen MR) is 162 cm³/mol. The average molecular weight is 605 g/mol. The lowest BCUT2D eigenvalue weighted by atomic mass is 9.85. The van der Waals surface area contributed by atoms with Gasteiger partial charge in [-0.1, -0.05) is 50.6 Å².